The van der Waals surface area contributed by atoms with Gasteiger partial charge in [-0.05, 0) is 39.5 Å². The molecule has 0 spiro atoms. The van der Waals surface area contributed by atoms with Crippen LogP contribution in [0.1, 0.15) is 33.6 Å². The number of carbonyl (C=O) groups excluding carboxylic acids is 1. The Morgan fingerprint density at radius 1 is 1.31 bits per heavy atom. The Bertz CT molecular complexity index is 219. The predicted octanol–water partition coefficient (Wildman–Crippen LogP) is 1.50. The molecule has 16 heavy (non-hydrogen) atoms. The molecule has 5 heteroatoms. The first-order valence-corrected chi connectivity index (χ1v) is 5.58. The Labute approximate surface area is 103 Å². The standard InChI is InChI=1S/C11H21NO3.ClH/c1-7(12)11(13)15-9(3)8(2)14-6-10-4-5-10;/h7-10H,4-6,12H2,1-3H3;1H/t7-,8+,9-;/m0./s1. The SMILES string of the molecule is C[C@H](N)C(=O)O[C@@H](C)[C@@H](C)OCC1CC1.Cl. The lowest BCUT2D eigenvalue weighted by molar-refractivity contribution is -0.156. The van der Waals surface area contributed by atoms with Crippen molar-refractivity contribution in [1.82, 2.24) is 0 Å². The predicted molar refractivity (Wildman–Crippen MR) is 64.6 cm³/mol. The number of nitrogens with two attached hydrogens (primary N) is 1. The summed E-state index contributed by atoms with van der Waals surface area (Å²) in [5.41, 5.74) is 5.40. The van der Waals surface area contributed by atoms with E-state index in [2.05, 4.69) is 0 Å². The molecule has 4 nitrogen and oxygen atoms in total. The number of halogens is 1. The van der Waals surface area contributed by atoms with Gasteiger partial charge >= 0.3 is 5.97 Å². The quantitative estimate of drug-likeness (QED) is 0.727. The molecule has 0 aromatic heterocycles. The second kappa shape index (κ2) is 7.09. The fourth-order valence-electron chi connectivity index (χ4n) is 1.09. The highest BCUT2D eigenvalue weighted by Gasteiger charge is 2.25. The molecule has 1 aliphatic rings. The third kappa shape index (κ3) is 5.68. The van der Waals surface area contributed by atoms with Gasteiger partial charge in [-0.1, -0.05) is 0 Å². The molecule has 1 aliphatic carbocycles. The molecule has 1 saturated carbocycles. The molecule has 2 N–H and O–H groups in total. The van der Waals surface area contributed by atoms with Gasteiger partial charge in [0, 0.05) is 6.61 Å². The second-order valence-electron chi connectivity index (χ2n) is 4.41. The van der Waals surface area contributed by atoms with Crippen LogP contribution in [0.15, 0.2) is 0 Å². The van der Waals surface area contributed by atoms with E-state index in [0.29, 0.717) is 0 Å². The van der Waals surface area contributed by atoms with Crippen molar-refractivity contribution >= 4 is 18.4 Å². The Morgan fingerprint density at radius 3 is 2.31 bits per heavy atom. The van der Waals surface area contributed by atoms with Crippen LogP contribution in [0.25, 0.3) is 0 Å². The van der Waals surface area contributed by atoms with Crippen LogP contribution in [0.2, 0.25) is 0 Å². The van der Waals surface area contributed by atoms with Gasteiger partial charge in [0.1, 0.15) is 12.1 Å². The minimum Gasteiger partial charge on any atom is -0.459 e. The third-order valence-electron chi connectivity index (χ3n) is 2.63. The number of rotatable bonds is 6. The van der Waals surface area contributed by atoms with Gasteiger partial charge in [-0.3, -0.25) is 4.79 Å². The topological polar surface area (TPSA) is 61.6 Å². The summed E-state index contributed by atoms with van der Waals surface area (Å²) in [7, 11) is 0. The summed E-state index contributed by atoms with van der Waals surface area (Å²) in [5.74, 6) is 0.355. The summed E-state index contributed by atoms with van der Waals surface area (Å²) < 4.78 is 10.7. The van der Waals surface area contributed by atoms with Gasteiger partial charge in [0.25, 0.3) is 0 Å². The minimum absolute atomic E-state index is 0. The van der Waals surface area contributed by atoms with Gasteiger partial charge in [0.2, 0.25) is 0 Å². The van der Waals surface area contributed by atoms with Crippen molar-refractivity contribution < 1.29 is 14.3 Å². The highest BCUT2D eigenvalue weighted by atomic mass is 35.5. The molecule has 0 heterocycles. The third-order valence-corrected chi connectivity index (χ3v) is 2.63. The smallest absolute Gasteiger partial charge is 0.322 e. The molecule has 0 aromatic rings. The highest BCUT2D eigenvalue weighted by molar-refractivity contribution is 5.85. The zero-order valence-corrected chi connectivity index (χ0v) is 11.0. The molecule has 3 atom stereocenters. The van der Waals surface area contributed by atoms with Crippen LogP contribution >= 0.6 is 12.4 Å². The normalized spacial score (nSPS) is 20.5. The zero-order valence-electron chi connectivity index (χ0n) is 10.1. The highest BCUT2D eigenvalue weighted by Crippen LogP contribution is 2.29. The van der Waals surface area contributed by atoms with Gasteiger partial charge in [-0.2, -0.15) is 0 Å². The maximum absolute atomic E-state index is 11.2. The molecular weight excluding hydrogens is 230 g/mol. The Morgan fingerprint density at radius 2 is 1.88 bits per heavy atom. The first kappa shape index (κ1) is 15.7. The van der Waals surface area contributed by atoms with Crippen LogP contribution in [0.5, 0.6) is 0 Å². The number of hydrogen-bond acceptors (Lipinski definition) is 4. The number of esters is 1. The molecule has 0 unspecified atom stereocenters. The van der Waals surface area contributed by atoms with E-state index in [1.807, 2.05) is 13.8 Å². The van der Waals surface area contributed by atoms with Gasteiger partial charge < -0.3 is 15.2 Å². The van der Waals surface area contributed by atoms with Crippen LogP contribution in [-0.2, 0) is 14.3 Å². The van der Waals surface area contributed by atoms with Gasteiger partial charge in [0.05, 0.1) is 6.10 Å². The van der Waals surface area contributed by atoms with Crippen LogP contribution in [0.3, 0.4) is 0 Å². The lowest BCUT2D eigenvalue weighted by Crippen LogP contribution is -2.36. The molecule has 0 radical (unpaired) electrons. The summed E-state index contributed by atoms with van der Waals surface area (Å²) in [6.07, 6.45) is 2.23. The molecule has 0 bridgehead atoms. The lowest BCUT2D eigenvalue weighted by atomic mass is 10.2. The molecule has 1 rings (SSSR count). The molecule has 96 valence electrons. The fourth-order valence-corrected chi connectivity index (χ4v) is 1.09. The van der Waals surface area contributed by atoms with Crippen molar-refractivity contribution in [3.05, 3.63) is 0 Å². The monoisotopic (exact) mass is 251 g/mol. The van der Waals surface area contributed by atoms with E-state index in [0.717, 1.165) is 12.5 Å². The van der Waals surface area contributed by atoms with Crippen LogP contribution in [0, 0.1) is 5.92 Å². The molecule has 0 aromatic carbocycles. The van der Waals surface area contributed by atoms with Crippen molar-refractivity contribution in [2.24, 2.45) is 11.7 Å². The Hall–Kier alpha value is -0.320. The average Bonchev–Trinajstić information content (AvgIpc) is 2.97. The van der Waals surface area contributed by atoms with Crippen molar-refractivity contribution in [3.8, 4) is 0 Å². The van der Waals surface area contributed by atoms with Gasteiger partial charge in [-0.15, -0.1) is 12.4 Å². The van der Waals surface area contributed by atoms with Crippen molar-refractivity contribution in [2.45, 2.75) is 51.9 Å². The average molecular weight is 252 g/mol. The summed E-state index contributed by atoms with van der Waals surface area (Å²) in [6.45, 7) is 6.14. The van der Waals surface area contributed by atoms with Crippen molar-refractivity contribution in [1.29, 1.82) is 0 Å². The van der Waals surface area contributed by atoms with Gasteiger partial charge in [0.15, 0.2) is 0 Å². The van der Waals surface area contributed by atoms with Gasteiger partial charge in [-0.25, -0.2) is 0 Å². The van der Waals surface area contributed by atoms with Crippen LogP contribution in [-0.4, -0.2) is 30.8 Å². The fraction of sp³-hybridized carbons (Fsp3) is 0.909. The van der Waals surface area contributed by atoms with E-state index in [9.17, 15) is 4.79 Å². The minimum atomic E-state index is -0.567. The maximum atomic E-state index is 11.2. The van der Waals surface area contributed by atoms with Crippen molar-refractivity contribution in [3.63, 3.8) is 0 Å². The zero-order chi connectivity index (χ0) is 11.4. The van der Waals surface area contributed by atoms with E-state index in [4.69, 9.17) is 15.2 Å². The molecule has 0 saturated heterocycles. The summed E-state index contributed by atoms with van der Waals surface area (Å²) in [5, 5.41) is 0. The van der Waals surface area contributed by atoms with E-state index in [1.165, 1.54) is 12.8 Å². The van der Waals surface area contributed by atoms with E-state index < -0.39 is 6.04 Å². The van der Waals surface area contributed by atoms with E-state index in [-0.39, 0.29) is 30.6 Å². The van der Waals surface area contributed by atoms with Crippen LogP contribution < -0.4 is 5.73 Å². The summed E-state index contributed by atoms with van der Waals surface area (Å²) in [6, 6.07) is -0.567. The number of ether oxygens (including phenoxy) is 2. The van der Waals surface area contributed by atoms with Crippen molar-refractivity contribution in [2.75, 3.05) is 6.61 Å². The first-order valence-electron chi connectivity index (χ1n) is 5.58. The van der Waals surface area contributed by atoms with Crippen LogP contribution in [0.4, 0.5) is 0 Å². The number of carbonyl (C=O) groups is 1. The molecule has 0 amide bonds. The molecule has 1 fully saturated rings. The Kier molecular flexibility index (Phi) is 6.95. The second-order valence-corrected chi connectivity index (χ2v) is 4.41. The largest absolute Gasteiger partial charge is 0.459 e. The molecule has 0 aliphatic heterocycles. The molecular formula is C11H22ClNO3. The first-order chi connectivity index (χ1) is 7.00. The summed E-state index contributed by atoms with van der Waals surface area (Å²) >= 11 is 0. The lowest BCUT2D eigenvalue weighted by Gasteiger charge is -2.21. The summed E-state index contributed by atoms with van der Waals surface area (Å²) in [4.78, 5) is 11.2. The van der Waals surface area contributed by atoms with E-state index in [1.54, 1.807) is 6.92 Å². The maximum Gasteiger partial charge on any atom is 0.322 e. The number of hydrogen-bond donors (Lipinski definition) is 1. The Balaban J connectivity index is 0.00000225. The van der Waals surface area contributed by atoms with E-state index >= 15 is 0 Å².